The highest BCUT2D eigenvalue weighted by Crippen LogP contribution is 2.25. The average Bonchev–Trinajstić information content (AvgIpc) is 2.83. The van der Waals surface area contributed by atoms with E-state index in [1.807, 2.05) is 93.6 Å². The zero-order chi connectivity index (χ0) is 26.1. The number of carbonyl (C=O) groups excluding carboxylic acids is 2. The van der Waals surface area contributed by atoms with Crippen LogP contribution in [-0.2, 0) is 28.3 Å². The number of halogens is 2. The second-order valence-corrected chi connectivity index (χ2v) is 11.5. The molecule has 0 bridgehead atoms. The molecule has 36 heavy (non-hydrogen) atoms. The third-order valence-electron chi connectivity index (χ3n) is 5.44. The molecule has 0 fully saturated rings. The quantitative estimate of drug-likeness (QED) is 0.307. The van der Waals surface area contributed by atoms with Crippen LogP contribution >= 0.6 is 35.0 Å². The molecule has 0 aliphatic carbocycles. The summed E-state index contributed by atoms with van der Waals surface area (Å²) < 4.78 is 0. The molecule has 0 saturated heterocycles. The number of thioether (sulfide) groups is 1. The molecule has 3 aromatic rings. The molecule has 1 atom stereocenters. The number of carbonyl (C=O) groups is 2. The molecule has 0 unspecified atom stereocenters. The third kappa shape index (κ3) is 8.88. The summed E-state index contributed by atoms with van der Waals surface area (Å²) in [7, 11) is 0. The van der Waals surface area contributed by atoms with Gasteiger partial charge in [-0.25, -0.2) is 0 Å². The normalized spacial score (nSPS) is 12.1. The summed E-state index contributed by atoms with van der Waals surface area (Å²) in [6.45, 7) is 6.19. The van der Waals surface area contributed by atoms with E-state index in [4.69, 9.17) is 23.2 Å². The predicted molar refractivity (Wildman–Crippen MR) is 151 cm³/mol. The Morgan fingerprint density at radius 1 is 0.861 bits per heavy atom. The van der Waals surface area contributed by atoms with Crippen molar-refractivity contribution in [2.75, 3.05) is 5.75 Å². The fourth-order valence-corrected chi connectivity index (χ4v) is 4.93. The Morgan fingerprint density at radius 3 is 2.06 bits per heavy atom. The Hall–Kier alpha value is -2.47. The van der Waals surface area contributed by atoms with Crippen molar-refractivity contribution in [2.45, 2.75) is 51.1 Å². The van der Waals surface area contributed by atoms with Crippen LogP contribution in [0.3, 0.4) is 0 Å². The van der Waals surface area contributed by atoms with Gasteiger partial charge in [0.2, 0.25) is 11.8 Å². The van der Waals surface area contributed by atoms with Crippen LogP contribution in [0.2, 0.25) is 10.0 Å². The number of hydrogen-bond acceptors (Lipinski definition) is 3. The lowest BCUT2D eigenvalue weighted by molar-refractivity contribution is -0.140. The molecule has 3 aromatic carbocycles. The van der Waals surface area contributed by atoms with E-state index in [2.05, 4.69) is 5.32 Å². The fraction of sp³-hybridized carbons (Fsp3) is 0.310. The second-order valence-electron chi connectivity index (χ2n) is 9.69. The van der Waals surface area contributed by atoms with Crippen molar-refractivity contribution in [2.24, 2.45) is 0 Å². The van der Waals surface area contributed by atoms with Crippen LogP contribution in [0.25, 0.3) is 0 Å². The number of amides is 2. The summed E-state index contributed by atoms with van der Waals surface area (Å²) in [5, 5.41) is 4.09. The zero-order valence-corrected chi connectivity index (χ0v) is 23.2. The summed E-state index contributed by atoms with van der Waals surface area (Å²) in [4.78, 5) is 28.9. The third-order valence-corrected chi connectivity index (χ3v) is 7.17. The van der Waals surface area contributed by atoms with Crippen molar-refractivity contribution in [1.29, 1.82) is 0 Å². The van der Waals surface area contributed by atoms with Crippen molar-refractivity contribution in [3.63, 3.8) is 0 Å². The van der Waals surface area contributed by atoms with Crippen LogP contribution in [0, 0.1) is 0 Å². The van der Waals surface area contributed by atoms with E-state index in [1.54, 1.807) is 11.0 Å². The minimum Gasteiger partial charge on any atom is -0.350 e. The summed E-state index contributed by atoms with van der Waals surface area (Å²) in [6, 6.07) is 24.4. The van der Waals surface area contributed by atoms with Gasteiger partial charge in [0.25, 0.3) is 0 Å². The topological polar surface area (TPSA) is 49.4 Å². The molecule has 0 radical (unpaired) electrons. The van der Waals surface area contributed by atoms with Crippen LogP contribution in [0.15, 0.2) is 78.9 Å². The first-order valence-corrected chi connectivity index (χ1v) is 13.7. The molecule has 0 spiro atoms. The van der Waals surface area contributed by atoms with E-state index in [0.717, 1.165) is 16.7 Å². The largest absolute Gasteiger partial charge is 0.350 e. The molecule has 0 heterocycles. The maximum atomic E-state index is 13.6. The average molecular weight is 544 g/mol. The van der Waals surface area contributed by atoms with Crippen molar-refractivity contribution in [1.82, 2.24) is 10.2 Å². The van der Waals surface area contributed by atoms with Crippen molar-refractivity contribution < 1.29 is 9.59 Å². The first kappa shape index (κ1) is 28.1. The predicted octanol–water partition coefficient (Wildman–Crippen LogP) is 6.78. The van der Waals surface area contributed by atoms with E-state index in [0.29, 0.717) is 28.8 Å². The first-order valence-electron chi connectivity index (χ1n) is 11.8. The molecule has 7 heteroatoms. The minimum absolute atomic E-state index is 0.0890. The Morgan fingerprint density at radius 2 is 1.47 bits per heavy atom. The Labute approximate surface area is 228 Å². The van der Waals surface area contributed by atoms with Gasteiger partial charge in [-0.2, -0.15) is 0 Å². The molecule has 2 amide bonds. The molecule has 3 rings (SSSR count). The van der Waals surface area contributed by atoms with E-state index in [9.17, 15) is 9.59 Å². The molecule has 4 nitrogen and oxygen atoms in total. The monoisotopic (exact) mass is 542 g/mol. The Kier molecular flexibility index (Phi) is 10.3. The lowest BCUT2D eigenvalue weighted by Gasteiger charge is -2.34. The van der Waals surface area contributed by atoms with Gasteiger partial charge in [-0.15, -0.1) is 11.8 Å². The van der Waals surface area contributed by atoms with Crippen molar-refractivity contribution >= 4 is 46.8 Å². The highest BCUT2D eigenvalue weighted by Gasteiger charge is 2.32. The maximum Gasteiger partial charge on any atom is 0.243 e. The highest BCUT2D eigenvalue weighted by atomic mass is 35.5. The lowest BCUT2D eigenvalue weighted by atomic mass is 10.0. The number of nitrogens with zero attached hydrogens (tertiary/aromatic N) is 1. The summed E-state index contributed by atoms with van der Waals surface area (Å²) >= 11 is 13.7. The fourth-order valence-electron chi connectivity index (χ4n) is 3.76. The summed E-state index contributed by atoms with van der Waals surface area (Å²) in [6.07, 6.45) is 0.429. The molecule has 190 valence electrons. The summed E-state index contributed by atoms with van der Waals surface area (Å²) in [5.41, 5.74) is 2.54. The van der Waals surface area contributed by atoms with E-state index >= 15 is 0 Å². The zero-order valence-electron chi connectivity index (χ0n) is 20.8. The molecule has 0 aromatic heterocycles. The van der Waals surface area contributed by atoms with Gasteiger partial charge in [0.1, 0.15) is 6.04 Å². The SMILES string of the molecule is CC(C)(C)NC(=O)[C@@H](Cc1ccccc1)N(Cc1ccccc1)C(=O)CSCc1ccc(Cl)c(Cl)c1. The molecule has 0 aliphatic heterocycles. The van der Waals surface area contributed by atoms with E-state index in [1.165, 1.54) is 11.8 Å². The second kappa shape index (κ2) is 13.2. The van der Waals surface area contributed by atoms with Crippen molar-refractivity contribution in [3.05, 3.63) is 106 Å². The molecule has 0 aliphatic rings. The number of nitrogens with one attached hydrogen (secondary N) is 1. The van der Waals surface area contributed by atoms with Gasteiger partial charge in [0.05, 0.1) is 15.8 Å². The number of rotatable bonds is 10. The smallest absolute Gasteiger partial charge is 0.243 e. The maximum absolute atomic E-state index is 13.6. The van der Waals surface area contributed by atoms with E-state index < -0.39 is 11.6 Å². The van der Waals surface area contributed by atoms with E-state index in [-0.39, 0.29) is 17.6 Å². The molecular formula is C29H32Cl2N2O2S. The molecule has 1 N–H and O–H groups in total. The van der Waals surface area contributed by atoms with Crippen LogP contribution < -0.4 is 5.32 Å². The van der Waals surface area contributed by atoms with Gasteiger partial charge in [0.15, 0.2) is 0 Å². The van der Waals surface area contributed by atoms with Gasteiger partial charge in [-0.05, 0) is 49.6 Å². The number of hydrogen-bond donors (Lipinski definition) is 1. The summed E-state index contributed by atoms with van der Waals surface area (Å²) in [5.74, 6) is 0.597. The lowest BCUT2D eigenvalue weighted by Crippen LogP contribution is -2.54. The highest BCUT2D eigenvalue weighted by molar-refractivity contribution is 7.99. The van der Waals surface area contributed by atoms with Crippen LogP contribution in [0.1, 0.15) is 37.5 Å². The molecule has 0 saturated carbocycles. The van der Waals surface area contributed by atoms with Crippen molar-refractivity contribution in [3.8, 4) is 0 Å². The minimum atomic E-state index is -0.648. The van der Waals surface area contributed by atoms with Gasteiger partial charge in [0, 0.05) is 24.3 Å². The first-order chi connectivity index (χ1) is 17.1. The standard InChI is InChI=1S/C29H32Cl2N2O2S/c1-29(2,3)32-28(35)26(17-21-10-6-4-7-11-21)33(18-22-12-8-5-9-13-22)27(34)20-36-19-23-14-15-24(30)25(31)16-23/h4-16,26H,17-20H2,1-3H3,(H,32,35)/t26-/m1/s1. The number of benzene rings is 3. The van der Waals surface area contributed by atoms with Gasteiger partial charge < -0.3 is 10.2 Å². The van der Waals surface area contributed by atoms with Gasteiger partial charge in [-0.1, -0.05) is 89.9 Å². The van der Waals surface area contributed by atoms with Crippen LogP contribution in [0.5, 0.6) is 0 Å². The van der Waals surface area contributed by atoms with Gasteiger partial charge in [-0.3, -0.25) is 9.59 Å². The Balaban J connectivity index is 1.84. The van der Waals surface area contributed by atoms with Crippen LogP contribution in [-0.4, -0.2) is 34.0 Å². The Bertz CT molecular complexity index is 1150. The molecular weight excluding hydrogens is 511 g/mol. The van der Waals surface area contributed by atoms with Crippen LogP contribution in [0.4, 0.5) is 0 Å². The van der Waals surface area contributed by atoms with Gasteiger partial charge >= 0.3 is 0 Å².